The number of rotatable bonds is 5. The van der Waals surface area contributed by atoms with E-state index in [4.69, 9.17) is 9.47 Å². The van der Waals surface area contributed by atoms with Crippen LogP contribution in [0.5, 0.6) is 11.5 Å². The lowest BCUT2D eigenvalue weighted by molar-refractivity contribution is -0.130. The van der Waals surface area contributed by atoms with Crippen LogP contribution in [-0.2, 0) is 4.79 Å². The molecule has 0 aromatic heterocycles. The van der Waals surface area contributed by atoms with Gasteiger partial charge in [0.2, 0.25) is 0 Å². The summed E-state index contributed by atoms with van der Waals surface area (Å²) in [6, 6.07) is 14.2. The second-order valence-corrected chi connectivity index (χ2v) is 4.34. The molecule has 0 aliphatic carbocycles. The molecule has 0 radical (unpaired) electrons. The summed E-state index contributed by atoms with van der Waals surface area (Å²) in [6.07, 6.45) is 1.59. The lowest BCUT2D eigenvalue weighted by Gasteiger charge is -2.09. The monoisotopic (exact) mass is 284 g/mol. The summed E-state index contributed by atoms with van der Waals surface area (Å²) in [5, 5.41) is 9.42. The maximum Gasteiger partial charge on any atom is 0.336 e. The number of hydrogen-bond donors (Lipinski definition) is 1. The first kappa shape index (κ1) is 14.7. The SMILES string of the molecule is COc1ccc(/C=C(/C(=O)O)c2ccccc2)c(OC)c1. The van der Waals surface area contributed by atoms with E-state index in [0.717, 1.165) is 0 Å². The highest BCUT2D eigenvalue weighted by molar-refractivity contribution is 6.20. The first-order valence-corrected chi connectivity index (χ1v) is 6.38. The molecule has 2 aromatic carbocycles. The summed E-state index contributed by atoms with van der Waals surface area (Å²) >= 11 is 0. The fourth-order valence-corrected chi connectivity index (χ4v) is 1.98. The van der Waals surface area contributed by atoms with E-state index < -0.39 is 5.97 Å². The van der Waals surface area contributed by atoms with Crippen LogP contribution in [0.4, 0.5) is 0 Å². The van der Waals surface area contributed by atoms with Gasteiger partial charge < -0.3 is 14.6 Å². The maximum absolute atomic E-state index is 11.5. The van der Waals surface area contributed by atoms with Gasteiger partial charge in [0.15, 0.2) is 0 Å². The first-order chi connectivity index (χ1) is 10.2. The van der Waals surface area contributed by atoms with Crippen LogP contribution < -0.4 is 9.47 Å². The minimum Gasteiger partial charge on any atom is -0.497 e. The summed E-state index contributed by atoms with van der Waals surface area (Å²) in [5.74, 6) is 0.226. The van der Waals surface area contributed by atoms with Crippen molar-refractivity contribution in [3.63, 3.8) is 0 Å². The standard InChI is InChI=1S/C17H16O4/c1-20-14-9-8-13(16(11-14)21-2)10-15(17(18)19)12-6-4-3-5-7-12/h3-11H,1-2H3,(H,18,19)/b15-10+. The van der Waals surface area contributed by atoms with Crippen molar-refractivity contribution in [3.05, 3.63) is 59.7 Å². The van der Waals surface area contributed by atoms with Gasteiger partial charge in [-0.1, -0.05) is 30.3 Å². The molecule has 0 heterocycles. The van der Waals surface area contributed by atoms with E-state index >= 15 is 0 Å². The van der Waals surface area contributed by atoms with Crippen molar-refractivity contribution in [2.24, 2.45) is 0 Å². The fraction of sp³-hybridized carbons (Fsp3) is 0.118. The summed E-state index contributed by atoms with van der Waals surface area (Å²) < 4.78 is 10.4. The smallest absolute Gasteiger partial charge is 0.336 e. The third-order valence-corrected chi connectivity index (χ3v) is 3.06. The zero-order valence-electron chi connectivity index (χ0n) is 11.9. The lowest BCUT2D eigenvalue weighted by atomic mass is 10.0. The van der Waals surface area contributed by atoms with E-state index in [-0.39, 0.29) is 5.57 Å². The second-order valence-electron chi connectivity index (χ2n) is 4.34. The predicted molar refractivity (Wildman–Crippen MR) is 81.5 cm³/mol. The molecule has 0 aliphatic heterocycles. The Bertz CT molecular complexity index is 660. The van der Waals surface area contributed by atoms with Crippen LogP contribution in [0.1, 0.15) is 11.1 Å². The summed E-state index contributed by atoms with van der Waals surface area (Å²) in [6.45, 7) is 0. The highest BCUT2D eigenvalue weighted by atomic mass is 16.5. The molecule has 0 bridgehead atoms. The Hall–Kier alpha value is -2.75. The zero-order chi connectivity index (χ0) is 15.2. The minimum atomic E-state index is -0.987. The van der Waals surface area contributed by atoms with Gasteiger partial charge in [-0.25, -0.2) is 4.79 Å². The van der Waals surface area contributed by atoms with Gasteiger partial charge in [-0.15, -0.1) is 0 Å². The van der Waals surface area contributed by atoms with E-state index in [1.165, 1.54) is 7.11 Å². The van der Waals surface area contributed by atoms with Crippen LogP contribution in [0, 0.1) is 0 Å². The van der Waals surface area contributed by atoms with Gasteiger partial charge in [-0.2, -0.15) is 0 Å². The third kappa shape index (κ3) is 3.42. The molecule has 0 saturated heterocycles. The van der Waals surface area contributed by atoms with Crippen LogP contribution in [0.3, 0.4) is 0 Å². The van der Waals surface area contributed by atoms with Crippen molar-refractivity contribution < 1.29 is 19.4 Å². The van der Waals surface area contributed by atoms with E-state index in [1.54, 1.807) is 55.7 Å². The minimum absolute atomic E-state index is 0.207. The van der Waals surface area contributed by atoms with Crippen molar-refractivity contribution in [2.75, 3.05) is 14.2 Å². The maximum atomic E-state index is 11.5. The largest absolute Gasteiger partial charge is 0.497 e. The molecule has 4 heteroatoms. The molecular formula is C17H16O4. The highest BCUT2D eigenvalue weighted by Crippen LogP contribution is 2.28. The van der Waals surface area contributed by atoms with Gasteiger partial charge >= 0.3 is 5.97 Å². The Morgan fingerprint density at radius 3 is 2.33 bits per heavy atom. The van der Waals surface area contributed by atoms with Crippen molar-refractivity contribution in [2.45, 2.75) is 0 Å². The molecule has 2 aromatic rings. The molecule has 0 fully saturated rings. The van der Waals surface area contributed by atoms with E-state index in [0.29, 0.717) is 22.6 Å². The number of hydrogen-bond acceptors (Lipinski definition) is 3. The second kappa shape index (κ2) is 6.61. The molecule has 21 heavy (non-hydrogen) atoms. The average molecular weight is 284 g/mol. The first-order valence-electron chi connectivity index (χ1n) is 6.38. The van der Waals surface area contributed by atoms with Crippen molar-refractivity contribution in [1.82, 2.24) is 0 Å². The molecule has 0 aliphatic rings. The number of aliphatic carboxylic acids is 1. The lowest BCUT2D eigenvalue weighted by Crippen LogP contribution is -2.00. The van der Waals surface area contributed by atoms with Gasteiger partial charge in [0.1, 0.15) is 11.5 Å². The van der Waals surface area contributed by atoms with Crippen LogP contribution in [-0.4, -0.2) is 25.3 Å². The molecular weight excluding hydrogens is 268 g/mol. The van der Waals surface area contributed by atoms with Gasteiger partial charge in [0.05, 0.1) is 19.8 Å². The molecule has 0 unspecified atom stereocenters. The number of benzene rings is 2. The third-order valence-electron chi connectivity index (χ3n) is 3.06. The highest BCUT2D eigenvalue weighted by Gasteiger charge is 2.12. The summed E-state index contributed by atoms with van der Waals surface area (Å²) in [4.78, 5) is 11.5. The quantitative estimate of drug-likeness (QED) is 0.676. The number of carboxylic acids is 1. The van der Waals surface area contributed by atoms with Gasteiger partial charge in [0, 0.05) is 11.6 Å². The normalized spacial score (nSPS) is 11.0. The Balaban J connectivity index is 2.51. The number of methoxy groups -OCH3 is 2. The molecule has 0 saturated carbocycles. The summed E-state index contributed by atoms with van der Waals surface area (Å²) in [5.41, 5.74) is 1.53. The zero-order valence-corrected chi connectivity index (χ0v) is 11.9. The molecule has 4 nitrogen and oxygen atoms in total. The topological polar surface area (TPSA) is 55.8 Å². The van der Waals surface area contributed by atoms with Gasteiger partial charge in [-0.05, 0) is 23.8 Å². The molecule has 0 atom stereocenters. The van der Waals surface area contributed by atoms with E-state index in [1.807, 2.05) is 6.07 Å². The van der Waals surface area contributed by atoms with E-state index in [9.17, 15) is 9.90 Å². The van der Waals surface area contributed by atoms with Crippen LogP contribution in [0.25, 0.3) is 11.6 Å². The molecule has 2 rings (SSSR count). The summed E-state index contributed by atoms with van der Waals surface area (Å²) in [7, 11) is 3.10. The van der Waals surface area contributed by atoms with E-state index in [2.05, 4.69) is 0 Å². The Labute approximate surface area is 123 Å². The number of carbonyl (C=O) groups is 1. The predicted octanol–water partition coefficient (Wildman–Crippen LogP) is 3.33. The Kier molecular flexibility index (Phi) is 4.61. The number of ether oxygens (including phenoxy) is 2. The molecule has 0 spiro atoms. The average Bonchev–Trinajstić information content (AvgIpc) is 2.53. The molecule has 1 N–H and O–H groups in total. The fourth-order valence-electron chi connectivity index (χ4n) is 1.98. The van der Waals surface area contributed by atoms with Crippen molar-refractivity contribution in [1.29, 1.82) is 0 Å². The Morgan fingerprint density at radius 2 is 1.76 bits per heavy atom. The molecule has 108 valence electrons. The van der Waals surface area contributed by atoms with Gasteiger partial charge in [-0.3, -0.25) is 0 Å². The van der Waals surface area contributed by atoms with Crippen LogP contribution >= 0.6 is 0 Å². The number of carboxylic acid groups (broad SMARTS) is 1. The van der Waals surface area contributed by atoms with Crippen LogP contribution in [0.2, 0.25) is 0 Å². The Morgan fingerprint density at radius 1 is 1.05 bits per heavy atom. The molecule has 0 amide bonds. The van der Waals surface area contributed by atoms with Crippen molar-refractivity contribution in [3.8, 4) is 11.5 Å². The van der Waals surface area contributed by atoms with Crippen LogP contribution in [0.15, 0.2) is 48.5 Å². The van der Waals surface area contributed by atoms with Crippen molar-refractivity contribution >= 4 is 17.6 Å². The van der Waals surface area contributed by atoms with Gasteiger partial charge in [0.25, 0.3) is 0 Å².